The van der Waals surface area contributed by atoms with E-state index in [0.717, 1.165) is 6.42 Å². The molecule has 0 spiro atoms. The summed E-state index contributed by atoms with van der Waals surface area (Å²) in [4.78, 5) is 0. The summed E-state index contributed by atoms with van der Waals surface area (Å²) in [6.07, 6.45) is 3.57. The maximum atomic E-state index is 11.8. The summed E-state index contributed by atoms with van der Waals surface area (Å²) in [6, 6.07) is 3.50. The number of fused-ring (bicyclic) bond motifs is 1. The summed E-state index contributed by atoms with van der Waals surface area (Å²) >= 11 is 5.93. The lowest BCUT2D eigenvalue weighted by Gasteiger charge is -2.07. The van der Waals surface area contributed by atoms with E-state index in [1.165, 1.54) is 0 Å². The number of hydrogen-bond acceptors (Lipinski definition) is 4. The molecule has 3 heterocycles. The number of hydrogen-bond donors (Lipinski definition) is 0. The van der Waals surface area contributed by atoms with Gasteiger partial charge in [-0.25, -0.2) is 8.42 Å². The molecule has 3 rings (SSSR count). The molecule has 18 heavy (non-hydrogen) atoms. The van der Waals surface area contributed by atoms with Gasteiger partial charge >= 0.3 is 0 Å². The minimum atomic E-state index is -2.96. The van der Waals surface area contributed by atoms with Crippen LogP contribution in [0.3, 0.4) is 0 Å². The molecule has 0 bridgehead atoms. The van der Waals surface area contributed by atoms with Crippen molar-refractivity contribution in [3.8, 4) is 0 Å². The number of sulfone groups is 1. The van der Waals surface area contributed by atoms with Crippen molar-refractivity contribution in [3.05, 3.63) is 29.2 Å². The third kappa shape index (κ3) is 1.99. The van der Waals surface area contributed by atoms with Crippen molar-refractivity contribution in [1.82, 2.24) is 14.6 Å². The van der Waals surface area contributed by atoms with Gasteiger partial charge in [-0.15, -0.1) is 10.2 Å². The normalized spacial score (nSPS) is 22.6. The van der Waals surface area contributed by atoms with Crippen LogP contribution < -0.4 is 0 Å². The van der Waals surface area contributed by atoms with E-state index < -0.39 is 9.84 Å². The van der Waals surface area contributed by atoms with E-state index in [1.807, 2.05) is 0 Å². The van der Waals surface area contributed by atoms with E-state index in [1.54, 1.807) is 22.7 Å². The van der Waals surface area contributed by atoms with Gasteiger partial charge in [-0.1, -0.05) is 11.6 Å². The maximum Gasteiger partial charge on any atom is 0.160 e. The van der Waals surface area contributed by atoms with Crippen molar-refractivity contribution in [1.29, 1.82) is 0 Å². The molecule has 2 aromatic heterocycles. The van der Waals surface area contributed by atoms with Crippen molar-refractivity contribution in [2.24, 2.45) is 0 Å². The molecule has 5 nitrogen and oxygen atoms in total. The van der Waals surface area contributed by atoms with Gasteiger partial charge < -0.3 is 0 Å². The predicted molar refractivity (Wildman–Crippen MR) is 68.5 cm³/mol. The third-order valence-corrected chi connectivity index (χ3v) is 5.81. The monoisotopic (exact) mass is 285 g/mol. The molecule has 0 N–H and O–H groups in total. The van der Waals surface area contributed by atoms with Crippen molar-refractivity contribution in [2.45, 2.75) is 24.5 Å². The molecule has 1 aliphatic rings. The van der Waals surface area contributed by atoms with Gasteiger partial charge in [0.15, 0.2) is 15.5 Å². The highest BCUT2D eigenvalue weighted by atomic mass is 35.5. The number of pyridine rings is 1. The molecule has 0 aliphatic carbocycles. The van der Waals surface area contributed by atoms with Crippen LogP contribution >= 0.6 is 11.6 Å². The van der Waals surface area contributed by atoms with Crippen LogP contribution in [0.2, 0.25) is 5.02 Å². The van der Waals surface area contributed by atoms with E-state index >= 15 is 0 Å². The summed E-state index contributed by atoms with van der Waals surface area (Å²) < 4.78 is 25.4. The zero-order valence-corrected chi connectivity index (χ0v) is 11.2. The van der Waals surface area contributed by atoms with E-state index in [0.29, 0.717) is 29.3 Å². The predicted octanol–water partition coefficient (Wildman–Crippen LogP) is 1.50. The van der Waals surface area contributed by atoms with Crippen LogP contribution in [0, 0.1) is 0 Å². The molecule has 1 atom stereocenters. The highest BCUT2D eigenvalue weighted by Gasteiger charge is 2.32. The fraction of sp³-hybridized carbons (Fsp3) is 0.455. The van der Waals surface area contributed by atoms with E-state index in [4.69, 9.17) is 11.6 Å². The Morgan fingerprint density at radius 1 is 1.39 bits per heavy atom. The van der Waals surface area contributed by atoms with Gasteiger partial charge in [0.2, 0.25) is 0 Å². The van der Waals surface area contributed by atoms with E-state index in [2.05, 4.69) is 10.2 Å². The lowest BCUT2D eigenvalue weighted by Crippen LogP contribution is -2.19. The SMILES string of the molecule is O=S1(=O)CCCC1Cc1nnc2ccc(Cl)cn12. The van der Waals surface area contributed by atoms with Crippen LogP contribution in [0.25, 0.3) is 5.65 Å². The zero-order valence-electron chi connectivity index (χ0n) is 9.58. The van der Waals surface area contributed by atoms with Gasteiger partial charge in [0, 0.05) is 12.6 Å². The van der Waals surface area contributed by atoms with Crippen LogP contribution in [-0.4, -0.2) is 34.0 Å². The molecule has 1 saturated heterocycles. The fourth-order valence-electron chi connectivity index (χ4n) is 2.34. The van der Waals surface area contributed by atoms with Crippen LogP contribution in [0.4, 0.5) is 0 Å². The molecule has 1 unspecified atom stereocenters. The molecule has 0 aromatic carbocycles. The Morgan fingerprint density at radius 3 is 2.94 bits per heavy atom. The van der Waals surface area contributed by atoms with Gasteiger partial charge in [0.05, 0.1) is 16.0 Å². The highest BCUT2D eigenvalue weighted by Crippen LogP contribution is 2.23. The lowest BCUT2D eigenvalue weighted by molar-refractivity contribution is 0.585. The minimum absolute atomic E-state index is 0.287. The Hall–Kier alpha value is -1.14. The molecular formula is C11H12ClN3O2S. The van der Waals surface area contributed by atoms with Crippen molar-refractivity contribution in [3.63, 3.8) is 0 Å². The van der Waals surface area contributed by atoms with Gasteiger partial charge in [-0.2, -0.15) is 0 Å². The molecule has 1 fully saturated rings. The second-order valence-corrected chi connectivity index (χ2v) is 7.36. The summed E-state index contributed by atoms with van der Waals surface area (Å²) in [5.74, 6) is 0.942. The number of rotatable bonds is 2. The topological polar surface area (TPSA) is 64.3 Å². The summed E-state index contributed by atoms with van der Waals surface area (Å²) in [5.41, 5.74) is 0.685. The van der Waals surface area contributed by atoms with Crippen LogP contribution in [0.5, 0.6) is 0 Å². The smallest absolute Gasteiger partial charge is 0.160 e. The molecule has 0 radical (unpaired) electrons. The summed E-state index contributed by atoms with van der Waals surface area (Å²) in [6.45, 7) is 0. The third-order valence-electron chi connectivity index (χ3n) is 3.31. The summed E-state index contributed by atoms with van der Waals surface area (Å²) in [5, 5.41) is 8.32. The molecule has 96 valence electrons. The lowest BCUT2D eigenvalue weighted by atomic mass is 10.2. The Kier molecular flexibility index (Phi) is 2.79. The minimum Gasteiger partial charge on any atom is -0.285 e. The first-order valence-electron chi connectivity index (χ1n) is 5.77. The molecule has 1 aliphatic heterocycles. The van der Waals surface area contributed by atoms with E-state index in [9.17, 15) is 8.42 Å². The standard InChI is InChI=1S/C11H12ClN3O2S/c12-8-3-4-10-13-14-11(15(10)7-8)6-9-2-1-5-18(9,16)17/h3-4,7,9H,1-2,5-6H2. The second kappa shape index (κ2) is 4.20. The van der Waals surface area contributed by atoms with Gasteiger partial charge in [-0.3, -0.25) is 4.40 Å². The van der Waals surface area contributed by atoms with Crippen LogP contribution in [0.1, 0.15) is 18.7 Å². The Labute approximate surface area is 110 Å². The van der Waals surface area contributed by atoms with Gasteiger partial charge in [-0.05, 0) is 25.0 Å². The molecular weight excluding hydrogens is 274 g/mol. The summed E-state index contributed by atoms with van der Waals surface area (Å²) in [7, 11) is -2.96. The van der Waals surface area contributed by atoms with E-state index in [-0.39, 0.29) is 11.0 Å². The Bertz CT molecular complexity index is 695. The first-order chi connectivity index (χ1) is 8.56. The van der Waals surface area contributed by atoms with Crippen molar-refractivity contribution < 1.29 is 8.42 Å². The second-order valence-electron chi connectivity index (χ2n) is 4.53. The first-order valence-corrected chi connectivity index (χ1v) is 7.86. The average molecular weight is 286 g/mol. The molecule has 2 aromatic rings. The molecule has 7 heteroatoms. The highest BCUT2D eigenvalue weighted by molar-refractivity contribution is 7.92. The quantitative estimate of drug-likeness (QED) is 0.839. The van der Waals surface area contributed by atoms with Crippen LogP contribution in [0.15, 0.2) is 18.3 Å². The largest absolute Gasteiger partial charge is 0.285 e. The zero-order chi connectivity index (χ0) is 12.8. The van der Waals surface area contributed by atoms with Gasteiger partial charge in [0.25, 0.3) is 0 Å². The Morgan fingerprint density at radius 2 is 2.22 bits per heavy atom. The average Bonchev–Trinajstić information content (AvgIpc) is 2.84. The maximum absolute atomic E-state index is 11.8. The van der Waals surface area contributed by atoms with Gasteiger partial charge in [0.1, 0.15) is 5.82 Å². The molecule has 0 saturated carbocycles. The number of halogens is 1. The number of nitrogens with zero attached hydrogens (tertiary/aromatic N) is 3. The Balaban J connectivity index is 1.98. The van der Waals surface area contributed by atoms with Crippen molar-refractivity contribution >= 4 is 27.1 Å². The van der Waals surface area contributed by atoms with Crippen molar-refractivity contribution in [2.75, 3.05) is 5.75 Å². The fourth-order valence-corrected chi connectivity index (χ4v) is 4.33. The number of aromatic nitrogens is 3. The first kappa shape index (κ1) is 11.9. The van der Waals surface area contributed by atoms with Crippen LogP contribution in [-0.2, 0) is 16.3 Å². The molecule has 0 amide bonds.